The second-order valence-electron chi connectivity index (χ2n) is 4.28. The molecule has 5 heteroatoms. The van der Waals surface area contributed by atoms with E-state index in [0.717, 1.165) is 19.5 Å². The molecule has 1 aliphatic heterocycles. The molecule has 3 rings (SSSR count). The minimum Gasteiger partial charge on any atom is -0.478 e. The Kier molecular flexibility index (Phi) is 1.62. The first kappa shape index (κ1) is 8.79. The first-order valence-electron chi connectivity index (χ1n) is 4.98. The third kappa shape index (κ3) is 1.10. The van der Waals surface area contributed by atoms with Gasteiger partial charge in [0.05, 0.1) is 11.3 Å². The molecule has 0 aromatic carbocycles. The van der Waals surface area contributed by atoms with Crippen molar-refractivity contribution in [2.24, 2.45) is 5.92 Å². The zero-order chi connectivity index (χ0) is 10.5. The maximum atomic E-state index is 11.0. The molecule has 1 saturated heterocycles. The van der Waals surface area contributed by atoms with Gasteiger partial charge in [-0.15, -0.1) is 0 Å². The summed E-state index contributed by atoms with van der Waals surface area (Å²) in [6.07, 6.45) is 3.88. The van der Waals surface area contributed by atoms with Crippen LogP contribution >= 0.6 is 0 Å². The first-order valence-corrected chi connectivity index (χ1v) is 4.98. The fourth-order valence-corrected chi connectivity index (χ4v) is 2.59. The summed E-state index contributed by atoms with van der Waals surface area (Å²) < 4.78 is 0. The number of nitrogens with zero attached hydrogens (tertiary/aromatic N) is 2. The minimum absolute atomic E-state index is 0.0172. The average molecular weight is 205 g/mol. The molecule has 2 heterocycles. The van der Waals surface area contributed by atoms with Crippen molar-refractivity contribution in [3.05, 3.63) is 23.8 Å². The number of carbonyl (C=O) groups is 1. The third-order valence-corrected chi connectivity index (χ3v) is 3.48. The number of nitrogens with one attached hydrogen (secondary N) is 1. The van der Waals surface area contributed by atoms with Crippen LogP contribution in [0.2, 0.25) is 0 Å². The van der Waals surface area contributed by atoms with E-state index in [-0.39, 0.29) is 11.0 Å². The Balaban J connectivity index is 2.08. The van der Waals surface area contributed by atoms with Crippen LogP contribution in [0.15, 0.2) is 12.5 Å². The van der Waals surface area contributed by atoms with Gasteiger partial charge in [-0.3, -0.25) is 0 Å². The standard InChI is InChI=1S/C10H11N3O2/c14-9(15)7-3-12-5-13-8(7)10-1-6(10)2-11-4-10/h3,5-6,11H,1-2,4H2,(H,14,15). The molecule has 78 valence electrons. The smallest absolute Gasteiger partial charge is 0.339 e. The number of carboxylic acid groups (broad SMARTS) is 1. The van der Waals surface area contributed by atoms with Crippen LogP contribution in [0.25, 0.3) is 0 Å². The molecule has 2 N–H and O–H groups in total. The molecule has 15 heavy (non-hydrogen) atoms. The molecule has 0 bridgehead atoms. The van der Waals surface area contributed by atoms with Gasteiger partial charge in [-0.2, -0.15) is 0 Å². The van der Waals surface area contributed by atoms with Crippen molar-refractivity contribution in [3.8, 4) is 0 Å². The van der Waals surface area contributed by atoms with Gasteiger partial charge in [0, 0.05) is 18.2 Å². The molecular weight excluding hydrogens is 194 g/mol. The van der Waals surface area contributed by atoms with E-state index in [0.29, 0.717) is 11.6 Å². The lowest BCUT2D eigenvalue weighted by atomic mass is 9.97. The van der Waals surface area contributed by atoms with E-state index >= 15 is 0 Å². The number of hydrogen-bond acceptors (Lipinski definition) is 4. The molecule has 2 unspecified atom stereocenters. The number of carboxylic acids is 1. The Bertz CT molecular complexity index is 434. The van der Waals surface area contributed by atoms with Gasteiger partial charge in [-0.25, -0.2) is 14.8 Å². The summed E-state index contributed by atoms with van der Waals surface area (Å²) in [6.45, 7) is 1.82. The number of piperidine rings is 1. The van der Waals surface area contributed by atoms with Crippen LogP contribution in [0.5, 0.6) is 0 Å². The van der Waals surface area contributed by atoms with E-state index in [1.54, 1.807) is 0 Å². The molecule has 0 radical (unpaired) electrons. The lowest BCUT2D eigenvalue weighted by molar-refractivity contribution is 0.0693. The SMILES string of the molecule is O=C(O)c1cncnc1C12CNCC1C2. The van der Waals surface area contributed by atoms with E-state index in [1.807, 2.05) is 0 Å². The molecule has 0 spiro atoms. The molecule has 1 aliphatic carbocycles. The van der Waals surface area contributed by atoms with Gasteiger partial charge in [0.1, 0.15) is 6.33 Å². The number of fused-ring (bicyclic) bond motifs is 1. The summed E-state index contributed by atoms with van der Waals surface area (Å²) >= 11 is 0. The fraction of sp³-hybridized carbons (Fsp3) is 0.500. The molecule has 2 aliphatic rings. The summed E-state index contributed by atoms with van der Waals surface area (Å²) in [5.74, 6) is -0.372. The van der Waals surface area contributed by atoms with Crippen LogP contribution in [0.3, 0.4) is 0 Å². The minimum atomic E-state index is -0.933. The van der Waals surface area contributed by atoms with Gasteiger partial charge in [-0.05, 0) is 18.9 Å². The average Bonchev–Trinajstić information content (AvgIpc) is 2.82. The number of aromatic nitrogens is 2. The third-order valence-electron chi connectivity index (χ3n) is 3.48. The second-order valence-corrected chi connectivity index (χ2v) is 4.28. The summed E-state index contributed by atoms with van der Waals surface area (Å²) in [7, 11) is 0. The van der Waals surface area contributed by atoms with Crippen LogP contribution in [-0.4, -0.2) is 34.1 Å². The van der Waals surface area contributed by atoms with Crippen LogP contribution in [0, 0.1) is 5.92 Å². The maximum absolute atomic E-state index is 11.0. The van der Waals surface area contributed by atoms with Gasteiger partial charge in [-0.1, -0.05) is 0 Å². The van der Waals surface area contributed by atoms with Crippen molar-refractivity contribution in [3.63, 3.8) is 0 Å². The van der Waals surface area contributed by atoms with Crippen molar-refractivity contribution in [2.75, 3.05) is 13.1 Å². The topological polar surface area (TPSA) is 75.1 Å². The summed E-state index contributed by atoms with van der Waals surface area (Å²) in [6, 6.07) is 0. The monoisotopic (exact) mass is 205 g/mol. The normalized spacial score (nSPS) is 32.4. The van der Waals surface area contributed by atoms with Crippen molar-refractivity contribution >= 4 is 5.97 Å². The van der Waals surface area contributed by atoms with Gasteiger partial charge in [0.25, 0.3) is 0 Å². The van der Waals surface area contributed by atoms with Crippen molar-refractivity contribution in [1.29, 1.82) is 0 Å². The van der Waals surface area contributed by atoms with Crippen LogP contribution in [0.1, 0.15) is 22.5 Å². The second kappa shape index (κ2) is 2.76. The highest BCUT2D eigenvalue weighted by atomic mass is 16.4. The van der Waals surface area contributed by atoms with E-state index in [2.05, 4.69) is 15.3 Å². The molecule has 5 nitrogen and oxygen atoms in total. The van der Waals surface area contributed by atoms with E-state index < -0.39 is 5.97 Å². The van der Waals surface area contributed by atoms with Gasteiger partial charge in [0.2, 0.25) is 0 Å². The zero-order valence-electron chi connectivity index (χ0n) is 8.10. The van der Waals surface area contributed by atoms with Crippen molar-refractivity contribution in [2.45, 2.75) is 11.8 Å². The van der Waals surface area contributed by atoms with Crippen LogP contribution in [0.4, 0.5) is 0 Å². The number of hydrogen-bond donors (Lipinski definition) is 2. The lowest BCUT2D eigenvalue weighted by Crippen LogP contribution is -2.23. The largest absolute Gasteiger partial charge is 0.478 e. The van der Waals surface area contributed by atoms with Crippen LogP contribution in [-0.2, 0) is 5.41 Å². The summed E-state index contributed by atoms with van der Waals surface area (Å²) in [5.41, 5.74) is 0.945. The zero-order valence-corrected chi connectivity index (χ0v) is 8.10. The Morgan fingerprint density at radius 3 is 3.13 bits per heavy atom. The first-order chi connectivity index (χ1) is 7.24. The van der Waals surface area contributed by atoms with Gasteiger partial charge in [0.15, 0.2) is 0 Å². The molecule has 2 fully saturated rings. The Labute approximate surface area is 86.6 Å². The predicted octanol–water partition coefficient (Wildman–Crippen LogP) is 0.0357. The molecule has 1 aromatic rings. The quantitative estimate of drug-likeness (QED) is 0.712. The fourth-order valence-electron chi connectivity index (χ4n) is 2.59. The predicted molar refractivity (Wildman–Crippen MR) is 51.6 cm³/mol. The number of aromatic carboxylic acids is 1. The van der Waals surface area contributed by atoms with E-state index in [4.69, 9.17) is 5.11 Å². The summed E-state index contributed by atoms with van der Waals surface area (Å²) in [4.78, 5) is 19.0. The van der Waals surface area contributed by atoms with Gasteiger partial charge >= 0.3 is 5.97 Å². The summed E-state index contributed by atoms with van der Waals surface area (Å²) in [5, 5.41) is 12.3. The Hall–Kier alpha value is -1.49. The molecule has 0 amide bonds. The lowest BCUT2D eigenvalue weighted by Gasteiger charge is -2.12. The van der Waals surface area contributed by atoms with Crippen molar-refractivity contribution in [1.82, 2.24) is 15.3 Å². The molecule has 2 atom stereocenters. The van der Waals surface area contributed by atoms with Gasteiger partial charge < -0.3 is 10.4 Å². The highest BCUT2D eigenvalue weighted by Gasteiger charge is 2.60. The Morgan fingerprint density at radius 2 is 2.53 bits per heavy atom. The van der Waals surface area contributed by atoms with E-state index in [9.17, 15) is 4.79 Å². The molecule has 1 saturated carbocycles. The Morgan fingerprint density at radius 1 is 1.67 bits per heavy atom. The van der Waals surface area contributed by atoms with E-state index in [1.165, 1.54) is 12.5 Å². The molecular formula is C10H11N3O2. The van der Waals surface area contributed by atoms with Crippen LogP contribution < -0.4 is 5.32 Å². The highest BCUT2D eigenvalue weighted by Crippen LogP contribution is 2.56. The molecule has 1 aromatic heterocycles. The van der Waals surface area contributed by atoms with Crippen molar-refractivity contribution < 1.29 is 9.90 Å². The highest BCUT2D eigenvalue weighted by molar-refractivity contribution is 5.89. The number of rotatable bonds is 2. The maximum Gasteiger partial charge on any atom is 0.339 e.